The summed E-state index contributed by atoms with van der Waals surface area (Å²) < 4.78 is 6.70. The number of aryl methyl sites for hydroxylation is 1. The quantitative estimate of drug-likeness (QED) is 0.675. The van der Waals surface area contributed by atoms with Crippen molar-refractivity contribution in [1.29, 1.82) is 0 Å². The Labute approximate surface area is 87.9 Å². The van der Waals surface area contributed by atoms with E-state index in [1.165, 1.54) is 0 Å². The summed E-state index contributed by atoms with van der Waals surface area (Å²) in [5.74, 6) is -0.931. The number of hydrogen-bond donors (Lipinski definition) is 2. The number of aromatic carboxylic acids is 1. The van der Waals surface area contributed by atoms with Gasteiger partial charge in [-0.05, 0) is 18.6 Å². The van der Waals surface area contributed by atoms with E-state index in [-0.39, 0.29) is 13.2 Å². The maximum absolute atomic E-state index is 10.9. The first kappa shape index (κ1) is 11.7. The van der Waals surface area contributed by atoms with Crippen molar-refractivity contribution in [1.82, 2.24) is 4.57 Å². The predicted molar refractivity (Wildman–Crippen MR) is 54.0 cm³/mol. The molecule has 0 aliphatic carbocycles. The molecule has 0 amide bonds. The number of aliphatic hydroxyl groups excluding tert-OH is 1. The lowest BCUT2D eigenvalue weighted by Crippen LogP contribution is -2.13. The van der Waals surface area contributed by atoms with Crippen molar-refractivity contribution in [2.45, 2.75) is 13.5 Å². The van der Waals surface area contributed by atoms with E-state index >= 15 is 0 Å². The first-order chi connectivity index (χ1) is 7.16. The molecule has 5 heteroatoms. The molecule has 0 aliphatic heterocycles. The Kier molecular flexibility index (Phi) is 4.33. The summed E-state index contributed by atoms with van der Waals surface area (Å²) in [4.78, 5) is 10.9. The molecule has 0 radical (unpaired) electrons. The molecule has 0 unspecified atom stereocenters. The molecule has 0 atom stereocenters. The second kappa shape index (κ2) is 5.53. The third-order valence-electron chi connectivity index (χ3n) is 2.08. The smallest absolute Gasteiger partial charge is 0.352 e. The van der Waals surface area contributed by atoms with E-state index in [4.69, 9.17) is 14.9 Å². The monoisotopic (exact) mass is 213 g/mol. The molecule has 0 fully saturated rings. The number of aromatic nitrogens is 1. The van der Waals surface area contributed by atoms with Gasteiger partial charge in [-0.15, -0.1) is 0 Å². The summed E-state index contributed by atoms with van der Waals surface area (Å²) in [6.45, 7) is 2.90. The fourth-order valence-corrected chi connectivity index (χ4v) is 1.39. The third-order valence-corrected chi connectivity index (χ3v) is 2.08. The normalized spacial score (nSPS) is 10.5. The summed E-state index contributed by atoms with van der Waals surface area (Å²) in [5.41, 5.74) is 1.03. The number of nitrogens with zero attached hydrogens (tertiary/aromatic N) is 1. The highest BCUT2D eigenvalue weighted by Crippen LogP contribution is 2.09. The zero-order valence-corrected chi connectivity index (χ0v) is 8.64. The van der Waals surface area contributed by atoms with Crippen molar-refractivity contribution >= 4 is 5.97 Å². The largest absolute Gasteiger partial charge is 0.477 e. The maximum atomic E-state index is 10.9. The van der Waals surface area contributed by atoms with Gasteiger partial charge in [-0.25, -0.2) is 4.79 Å². The summed E-state index contributed by atoms with van der Waals surface area (Å²) in [5, 5.41) is 17.4. The number of rotatable bonds is 6. The third kappa shape index (κ3) is 3.07. The van der Waals surface area contributed by atoms with Crippen molar-refractivity contribution in [2.24, 2.45) is 0 Å². The van der Waals surface area contributed by atoms with E-state index in [0.29, 0.717) is 18.8 Å². The minimum absolute atomic E-state index is 0.0174. The summed E-state index contributed by atoms with van der Waals surface area (Å²) in [6.07, 6.45) is 1.72. The molecule has 1 rings (SSSR count). The van der Waals surface area contributed by atoms with E-state index in [9.17, 15) is 4.79 Å². The average Bonchev–Trinajstić information content (AvgIpc) is 2.54. The van der Waals surface area contributed by atoms with Gasteiger partial charge in [0.2, 0.25) is 0 Å². The van der Waals surface area contributed by atoms with Crippen LogP contribution in [0, 0.1) is 6.92 Å². The molecule has 0 aromatic carbocycles. The molecule has 1 aromatic rings. The molecular formula is C10H15NO4. The van der Waals surface area contributed by atoms with Crippen LogP contribution in [-0.4, -0.2) is 40.6 Å². The summed E-state index contributed by atoms with van der Waals surface area (Å²) in [6, 6.07) is 1.76. The highest BCUT2D eigenvalue weighted by atomic mass is 16.5. The van der Waals surface area contributed by atoms with Gasteiger partial charge in [-0.1, -0.05) is 0 Å². The van der Waals surface area contributed by atoms with Crippen molar-refractivity contribution in [3.05, 3.63) is 23.5 Å². The zero-order chi connectivity index (χ0) is 11.3. The zero-order valence-electron chi connectivity index (χ0n) is 8.64. The van der Waals surface area contributed by atoms with E-state index in [1.54, 1.807) is 23.8 Å². The second-order valence-corrected chi connectivity index (χ2v) is 3.18. The fourth-order valence-electron chi connectivity index (χ4n) is 1.39. The number of hydrogen-bond acceptors (Lipinski definition) is 3. The Morgan fingerprint density at radius 1 is 1.53 bits per heavy atom. The van der Waals surface area contributed by atoms with E-state index in [2.05, 4.69) is 0 Å². The van der Waals surface area contributed by atoms with Gasteiger partial charge in [0.15, 0.2) is 0 Å². The van der Waals surface area contributed by atoms with Gasteiger partial charge >= 0.3 is 5.97 Å². The van der Waals surface area contributed by atoms with Crippen LogP contribution >= 0.6 is 0 Å². The van der Waals surface area contributed by atoms with E-state index < -0.39 is 5.97 Å². The molecule has 0 bridgehead atoms. The standard InChI is InChI=1S/C10H15NO4/c1-8-2-3-11(9(8)10(13)14)4-6-15-7-5-12/h2-3,12H,4-7H2,1H3,(H,13,14). The predicted octanol–water partition coefficient (Wildman–Crippen LogP) is 0.504. The van der Waals surface area contributed by atoms with Crippen LogP contribution in [0.3, 0.4) is 0 Å². The fraction of sp³-hybridized carbons (Fsp3) is 0.500. The van der Waals surface area contributed by atoms with Gasteiger partial charge in [0.25, 0.3) is 0 Å². The molecule has 0 saturated heterocycles. The van der Waals surface area contributed by atoms with Gasteiger partial charge < -0.3 is 19.5 Å². The van der Waals surface area contributed by atoms with E-state index in [1.807, 2.05) is 0 Å². The molecule has 0 aliphatic rings. The SMILES string of the molecule is Cc1ccn(CCOCCO)c1C(=O)O. The number of carbonyl (C=O) groups is 1. The van der Waals surface area contributed by atoms with Crippen molar-refractivity contribution in [3.8, 4) is 0 Å². The molecule has 2 N–H and O–H groups in total. The first-order valence-corrected chi connectivity index (χ1v) is 4.74. The molecule has 1 aromatic heterocycles. The molecule has 5 nitrogen and oxygen atoms in total. The van der Waals surface area contributed by atoms with Crippen molar-refractivity contribution in [2.75, 3.05) is 19.8 Å². The Morgan fingerprint density at radius 2 is 2.27 bits per heavy atom. The van der Waals surface area contributed by atoms with Gasteiger partial charge in [-0.2, -0.15) is 0 Å². The lowest BCUT2D eigenvalue weighted by Gasteiger charge is -2.07. The van der Waals surface area contributed by atoms with Crippen LogP contribution in [0.4, 0.5) is 0 Å². The first-order valence-electron chi connectivity index (χ1n) is 4.74. The molecule has 1 heterocycles. The molecule has 15 heavy (non-hydrogen) atoms. The van der Waals surface area contributed by atoms with Gasteiger partial charge in [-0.3, -0.25) is 0 Å². The average molecular weight is 213 g/mol. The number of carboxylic acid groups (broad SMARTS) is 1. The van der Waals surface area contributed by atoms with Crippen LogP contribution in [0.1, 0.15) is 16.1 Å². The minimum atomic E-state index is -0.931. The Morgan fingerprint density at radius 3 is 2.87 bits per heavy atom. The van der Waals surface area contributed by atoms with E-state index in [0.717, 1.165) is 5.56 Å². The maximum Gasteiger partial charge on any atom is 0.352 e. The molecule has 0 spiro atoms. The lowest BCUT2D eigenvalue weighted by atomic mass is 10.3. The second-order valence-electron chi connectivity index (χ2n) is 3.18. The van der Waals surface area contributed by atoms with Crippen LogP contribution in [0.5, 0.6) is 0 Å². The van der Waals surface area contributed by atoms with Crippen molar-refractivity contribution in [3.63, 3.8) is 0 Å². The van der Waals surface area contributed by atoms with Crippen LogP contribution in [0.2, 0.25) is 0 Å². The topological polar surface area (TPSA) is 71.7 Å². The Hall–Kier alpha value is -1.33. The summed E-state index contributed by atoms with van der Waals surface area (Å²) in [7, 11) is 0. The molecular weight excluding hydrogens is 198 g/mol. The number of ether oxygens (including phenoxy) is 1. The van der Waals surface area contributed by atoms with Gasteiger partial charge in [0.1, 0.15) is 5.69 Å². The van der Waals surface area contributed by atoms with Crippen LogP contribution < -0.4 is 0 Å². The highest BCUT2D eigenvalue weighted by molar-refractivity contribution is 5.87. The number of carboxylic acids is 1. The lowest BCUT2D eigenvalue weighted by molar-refractivity contribution is 0.0671. The molecule has 84 valence electrons. The Balaban J connectivity index is 2.57. The van der Waals surface area contributed by atoms with Gasteiger partial charge in [0.05, 0.1) is 19.8 Å². The highest BCUT2D eigenvalue weighted by Gasteiger charge is 2.12. The summed E-state index contributed by atoms with van der Waals surface area (Å²) >= 11 is 0. The van der Waals surface area contributed by atoms with Crippen molar-refractivity contribution < 1.29 is 19.7 Å². The Bertz CT molecular complexity index is 332. The van der Waals surface area contributed by atoms with Crippen LogP contribution in [-0.2, 0) is 11.3 Å². The molecule has 0 saturated carbocycles. The van der Waals surface area contributed by atoms with Crippen LogP contribution in [0.15, 0.2) is 12.3 Å². The van der Waals surface area contributed by atoms with Gasteiger partial charge in [0, 0.05) is 12.7 Å². The van der Waals surface area contributed by atoms with Crippen LogP contribution in [0.25, 0.3) is 0 Å². The number of aliphatic hydroxyl groups is 1. The minimum Gasteiger partial charge on any atom is -0.477 e.